The summed E-state index contributed by atoms with van der Waals surface area (Å²) in [7, 11) is 0. The molecule has 0 spiro atoms. The van der Waals surface area contributed by atoms with Gasteiger partial charge in [0.2, 0.25) is 5.95 Å². The lowest BCUT2D eigenvalue weighted by atomic mass is 10.0. The summed E-state index contributed by atoms with van der Waals surface area (Å²) in [6.45, 7) is 7.24. The Balaban J connectivity index is 1.27. The van der Waals surface area contributed by atoms with Crippen molar-refractivity contribution in [1.82, 2.24) is 14.5 Å². The van der Waals surface area contributed by atoms with Crippen molar-refractivity contribution in [2.45, 2.75) is 6.42 Å². The monoisotopic (exact) mass is 560 g/mol. The molecule has 2 heterocycles. The van der Waals surface area contributed by atoms with Crippen molar-refractivity contribution >= 4 is 38.4 Å². The van der Waals surface area contributed by atoms with Crippen molar-refractivity contribution in [1.29, 1.82) is 0 Å². The van der Waals surface area contributed by atoms with E-state index in [2.05, 4.69) is 106 Å². The number of hydrogen-bond donors (Lipinski definition) is 0. The molecule has 0 bridgehead atoms. The van der Waals surface area contributed by atoms with Gasteiger partial charge in [-0.2, -0.15) is 0 Å². The first-order chi connectivity index (χ1) is 21.8. The molecule has 0 saturated heterocycles. The summed E-state index contributed by atoms with van der Waals surface area (Å²) in [5.41, 5.74) is 13.2. The van der Waals surface area contributed by atoms with Gasteiger partial charge in [-0.15, -0.1) is 0 Å². The highest BCUT2D eigenvalue weighted by molar-refractivity contribution is 6.12. The van der Waals surface area contributed by atoms with E-state index in [0.29, 0.717) is 11.6 Å². The number of hydrogen-bond acceptors (Lipinski definition) is 2. The fourth-order valence-electron chi connectivity index (χ4n) is 6.83. The quantitative estimate of drug-likeness (QED) is 0.202. The Bertz CT molecular complexity index is 2460. The summed E-state index contributed by atoms with van der Waals surface area (Å²) in [4.78, 5) is 14.0. The maximum atomic E-state index is 7.24. The third kappa shape index (κ3) is 3.63. The molecule has 0 radical (unpaired) electrons. The van der Waals surface area contributed by atoms with Crippen molar-refractivity contribution in [2.24, 2.45) is 0 Å². The molecule has 0 fully saturated rings. The second-order valence-electron chi connectivity index (χ2n) is 11.3. The topological polar surface area (TPSA) is 35.1 Å². The molecule has 4 nitrogen and oxygen atoms in total. The van der Waals surface area contributed by atoms with Gasteiger partial charge >= 0.3 is 0 Å². The number of fused-ring (bicyclic) bond motifs is 8. The Kier molecular flexibility index (Phi) is 5.29. The first-order valence-corrected chi connectivity index (χ1v) is 14.8. The zero-order chi connectivity index (χ0) is 29.2. The van der Waals surface area contributed by atoms with Crippen LogP contribution in [0, 0.1) is 6.57 Å². The third-order valence-corrected chi connectivity index (χ3v) is 8.90. The van der Waals surface area contributed by atoms with Gasteiger partial charge < -0.3 is 0 Å². The van der Waals surface area contributed by atoms with E-state index in [9.17, 15) is 0 Å². The maximum absolute atomic E-state index is 7.24. The van der Waals surface area contributed by atoms with E-state index in [0.717, 1.165) is 45.2 Å². The van der Waals surface area contributed by atoms with E-state index in [1.54, 1.807) is 0 Å². The minimum Gasteiger partial charge on any atom is -0.278 e. The van der Waals surface area contributed by atoms with Gasteiger partial charge in [0.05, 0.1) is 28.8 Å². The van der Waals surface area contributed by atoms with Crippen molar-refractivity contribution < 1.29 is 0 Å². The molecule has 8 aromatic rings. The first kappa shape index (κ1) is 24.5. The van der Waals surface area contributed by atoms with Crippen LogP contribution in [0.1, 0.15) is 11.1 Å². The van der Waals surface area contributed by atoms with Crippen LogP contribution in [0.4, 0.5) is 5.69 Å². The van der Waals surface area contributed by atoms with E-state index in [1.165, 1.54) is 38.5 Å². The van der Waals surface area contributed by atoms with Crippen LogP contribution < -0.4 is 0 Å². The summed E-state index contributed by atoms with van der Waals surface area (Å²) < 4.78 is 2.28. The van der Waals surface area contributed by atoms with Gasteiger partial charge in [0.25, 0.3) is 0 Å². The molecule has 2 aromatic heterocycles. The van der Waals surface area contributed by atoms with E-state index in [-0.39, 0.29) is 0 Å². The van der Waals surface area contributed by atoms with Crippen molar-refractivity contribution in [3.63, 3.8) is 0 Å². The average molecular weight is 561 g/mol. The lowest BCUT2D eigenvalue weighted by Crippen LogP contribution is -2.04. The van der Waals surface area contributed by atoms with Crippen LogP contribution in [-0.2, 0) is 6.42 Å². The van der Waals surface area contributed by atoms with Crippen molar-refractivity contribution in [3.8, 4) is 39.5 Å². The zero-order valence-corrected chi connectivity index (χ0v) is 23.7. The second kappa shape index (κ2) is 9.49. The Hall–Kier alpha value is -6.05. The van der Waals surface area contributed by atoms with Gasteiger partial charge in [-0.05, 0) is 45.5 Å². The molecular formula is C40H24N4. The summed E-state index contributed by atoms with van der Waals surface area (Å²) in [6.07, 6.45) is 0.887. The molecule has 0 amide bonds. The van der Waals surface area contributed by atoms with Gasteiger partial charge in [-0.25, -0.2) is 14.8 Å². The third-order valence-electron chi connectivity index (χ3n) is 8.90. The van der Waals surface area contributed by atoms with Crippen LogP contribution in [0.15, 0.2) is 133 Å². The fourth-order valence-corrected chi connectivity index (χ4v) is 6.83. The Morgan fingerprint density at radius 3 is 2.07 bits per heavy atom. The van der Waals surface area contributed by atoms with Gasteiger partial charge in [0.15, 0.2) is 5.69 Å². The predicted molar refractivity (Wildman–Crippen MR) is 179 cm³/mol. The largest absolute Gasteiger partial charge is 0.278 e. The molecule has 1 aliphatic rings. The summed E-state index contributed by atoms with van der Waals surface area (Å²) in [6, 6.07) is 46.4. The molecule has 0 unspecified atom stereocenters. The summed E-state index contributed by atoms with van der Waals surface area (Å²) in [5.74, 6) is 0.674. The molecule has 0 saturated carbocycles. The SMILES string of the molecule is [C-]#[N+]c1ccc(-c2ccc(-c3nc(-n4c5ccccc5c5ccc6c(c54)Cc4ccccc4-6)nc4ccccc34)cc2)cc1. The standard InChI is InChI=1S/C40H24N4/c1-41-29-20-18-26(19-21-29)25-14-16-27(17-15-25)38-34-11-4-6-12-36(34)42-40(43-38)44-37-13-7-5-10-32(37)33-23-22-31-30-9-3-2-8-28(30)24-35(31)39(33)44/h2-23H,24H2. The Labute approximate surface area is 254 Å². The van der Waals surface area contributed by atoms with Crippen molar-refractivity contribution in [3.05, 3.63) is 156 Å². The van der Waals surface area contributed by atoms with E-state index in [1.807, 2.05) is 36.4 Å². The highest BCUT2D eigenvalue weighted by atomic mass is 15.2. The average Bonchev–Trinajstić information content (AvgIpc) is 3.64. The molecular weight excluding hydrogens is 536 g/mol. The number of rotatable bonds is 3. The van der Waals surface area contributed by atoms with E-state index >= 15 is 0 Å². The normalized spacial score (nSPS) is 12.0. The smallest absolute Gasteiger partial charge is 0.235 e. The highest BCUT2D eigenvalue weighted by Gasteiger charge is 2.25. The summed E-state index contributed by atoms with van der Waals surface area (Å²) in [5, 5.41) is 3.44. The number of aromatic nitrogens is 3. The summed E-state index contributed by atoms with van der Waals surface area (Å²) >= 11 is 0. The van der Waals surface area contributed by atoms with Crippen LogP contribution in [0.3, 0.4) is 0 Å². The zero-order valence-electron chi connectivity index (χ0n) is 23.7. The van der Waals surface area contributed by atoms with Gasteiger partial charge in [0, 0.05) is 28.1 Å². The molecule has 6 aromatic carbocycles. The fraction of sp³-hybridized carbons (Fsp3) is 0.0250. The minimum absolute atomic E-state index is 0.643. The lowest BCUT2D eigenvalue weighted by molar-refractivity contribution is 1.01. The highest BCUT2D eigenvalue weighted by Crippen LogP contribution is 2.44. The van der Waals surface area contributed by atoms with Gasteiger partial charge in [-0.3, -0.25) is 4.57 Å². The molecule has 4 heteroatoms. The van der Waals surface area contributed by atoms with Crippen LogP contribution in [0.25, 0.3) is 77.0 Å². The molecule has 204 valence electrons. The van der Waals surface area contributed by atoms with E-state index < -0.39 is 0 Å². The maximum Gasteiger partial charge on any atom is 0.235 e. The number of benzene rings is 6. The Morgan fingerprint density at radius 1 is 0.568 bits per heavy atom. The van der Waals surface area contributed by atoms with E-state index in [4.69, 9.17) is 16.5 Å². The minimum atomic E-state index is 0.643. The van der Waals surface area contributed by atoms with Crippen molar-refractivity contribution in [2.75, 3.05) is 0 Å². The lowest BCUT2D eigenvalue weighted by Gasteiger charge is -2.13. The molecule has 0 aliphatic heterocycles. The number of para-hydroxylation sites is 2. The van der Waals surface area contributed by atoms with Gasteiger partial charge in [-0.1, -0.05) is 121 Å². The first-order valence-electron chi connectivity index (χ1n) is 14.8. The number of nitrogens with zero attached hydrogens (tertiary/aromatic N) is 4. The Morgan fingerprint density at radius 2 is 1.25 bits per heavy atom. The van der Waals surface area contributed by atoms with Crippen LogP contribution in [-0.4, -0.2) is 14.5 Å². The molecule has 0 N–H and O–H groups in total. The van der Waals surface area contributed by atoms with Crippen LogP contribution >= 0.6 is 0 Å². The molecule has 1 aliphatic carbocycles. The molecule has 0 atom stereocenters. The van der Waals surface area contributed by atoms with Gasteiger partial charge in [0.1, 0.15) is 0 Å². The van der Waals surface area contributed by atoms with Crippen LogP contribution in [0.2, 0.25) is 0 Å². The molecule has 9 rings (SSSR count). The predicted octanol–water partition coefficient (Wildman–Crippen LogP) is 10.2. The second-order valence-corrected chi connectivity index (χ2v) is 11.3. The van der Waals surface area contributed by atoms with Crippen LogP contribution in [0.5, 0.6) is 0 Å². The molecule has 44 heavy (non-hydrogen) atoms.